The summed E-state index contributed by atoms with van der Waals surface area (Å²) in [7, 11) is 1.32. The van der Waals surface area contributed by atoms with Crippen molar-refractivity contribution < 1.29 is 23.8 Å². The third kappa shape index (κ3) is 11.5. The lowest BCUT2D eigenvalue weighted by Crippen LogP contribution is -2.15. The molecule has 34 heavy (non-hydrogen) atoms. The molecular formula is C29H44O5. The maximum atomic E-state index is 12.4. The first-order chi connectivity index (χ1) is 16.6. The number of hydrogen-bond donors (Lipinski definition) is 1. The minimum Gasteiger partial charge on any atom is -0.478 e. The molecule has 5 heteroatoms. The number of carboxylic acids is 1. The Kier molecular flexibility index (Phi) is 16.3. The van der Waals surface area contributed by atoms with Crippen LogP contribution in [0.5, 0.6) is 0 Å². The van der Waals surface area contributed by atoms with E-state index in [-0.39, 0.29) is 11.1 Å². The van der Waals surface area contributed by atoms with Crippen LogP contribution in [0.2, 0.25) is 0 Å². The zero-order valence-corrected chi connectivity index (χ0v) is 21.4. The Morgan fingerprint density at radius 1 is 0.794 bits per heavy atom. The summed E-state index contributed by atoms with van der Waals surface area (Å²) in [5.74, 6) is -1.60. The predicted molar refractivity (Wildman–Crippen MR) is 138 cm³/mol. The molecule has 2 aromatic rings. The lowest BCUT2D eigenvalue weighted by Gasteiger charge is -2.16. The fourth-order valence-electron chi connectivity index (χ4n) is 4.13. The van der Waals surface area contributed by atoms with E-state index in [1.54, 1.807) is 18.6 Å². The van der Waals surface area contributed by atoms with Crippen molar-refractivity contribution in [1.82, 2.24) is 0 Å². The number of carboxylic acid groups (broad SMARTS) is 1. The van der Waals surface area contributed by atoms with Gasteiger partial charge in [-0.05, 0) is 55.0 Å². The Bertz CT molecular complexity index is 778. The second-order valence-electron chi connectivity index (χ2n) is 8.75. The van der Waals surface area contributed by atoms with Crippen molar-refractivity contribution in [2.75, 3.05) is 7.11 Å². The molecule has 0 saturated heterocycles. The van der Waals surface area contributed by atoms with E-state index in [0.717, 1.165) is 43.2 Å². The molecule has 0 aliphatic heterocycles. The first-order valence-corrected chi connectivity index (χ1v) is 13.0. The number of benzene rings is 1. The van der Waals surface area contributed by atoms with Crippen molar-refractivity contribution in [1.29, 1.82) is 0 Å². The normalized spacial score (nSPS) is 10.4. The van der Waals surface area contributed by atoms with Gasteiger partial charge in [0.2, 0.25) is 0 Å². The van der Waals surface area contributed by atoms with Gasteiger partial charge in [-0.2, -0.15) is 0 Å². The first-order valence-electron chi connectivity index (χ1n) is 13.0. The topological polar surface area (TPSA) is 76.7 Å². The fourth-order valence-corrected chi connectivity index (χ4v) is 4.13. The summed E-state index contributed by atoms with van der Waals surface area (Å²) in [6, 6.07) is 7.15. The lowest BCUT2D eigenvalue weighted by molar-refractivity contribution is 0.0581. The molecule has 2 rings (SSSR count). The van der Waals surface area contributed by atoms with Gasteiger partial charge in [0, 0.05) is 0 Å². The molecule has 1 aromatic heterocycles. The van der Waals surface area contributed by atoms with Crippen molar-refractivity contribution in [2.24, 2.45) is 0 Å². The Morgan fingerprint density at radius 3 is 1.79 bits per heavy atom. The van der Waals surface area contributed by atoms with E-state index in [4.69, 9.17) is 4.74 Å². The van der Waals surface area contributed by atoms with Crippen LogP contribution >= 0.6 is 0 Å². The first kappa shape index (κ1) is 29.5. The van der Waals surface area contributed by atoms with E-state index in [0.29, 0.717) is 0 Å². The fraction of sp³-hybridized carbons (Fsp3) is 0.586. The van der Waals surface area contributed by atoms with Crippen molar-refractivity contribution in [3.8, 4) is 0 Å². The standard InChI is InChI=1S/C25H40O4.C4H4O/c1-4-6-8-10-12-14-16-20-18-19-22(24(26)27)23(25(28)29-3)21(20)17-15-13-11-9-7-5-2;1-2-4-5-3-1/h18-19H,4-17H2,1-3H3,(H,26,27);1-4H. The maximum Gasteiger partial charge on any atom is 0.339 e. The highest BCUT2D eigenvalue weighted by molar-refractivity contribution is 6.03. The van der Waals surface area contributed by atoms with Gasteiger partial charge in [-0.1, -0.05) is 84.1 Å². The molecule has 0 fully saturated rings. The molecule has 1 N–H and O–H groups in total. The second kappa shape index (κ2) is 18.8. The average molecular weight is 473 g/mol. The molecule has 0 amide bonds. The predicted octanol–water partition coefficient (Wildman–Crippen LogP) is 8.26. The number of esters is 1. The third-order valence-corrected chi connectivity index (χ3v) is 6.04. The van der Waals surface area contributed by atoms with Crippen LogP contribution in [0, 0.1) is 0 Å². The molecule has 0 radical (unpaired) electrons. The summed E-state index contributed by atoms with van der Waals surface area (Å²) in [5.41, 5.74) is 2.32. The molecule has 5 nitrogen and oxygen atoms in total. The Hall–Kier alpha value is -2.56. The SMILES string of the molecule is CCCCCCCCc1ccc(C(=O)O)c(C(=O)OC)c1CCCCCCCC.c1ccoc1. The molecule has 0 unspecified atom stereocenters. The Balaban J connectivity index is 0.00000102. The van der Waals surface area contributed by atoms with E-state index in [1.165, 1.54) is 64.9 Å². The number of hydrogen-bond acceptors (Lipinski definition) is 4. The highest BCUT2D eigenvalue weighted by Crippen LogP contribution is 2.25. The molecule has 0 spiro atoms. The highest BCUT2D eigenvalue weighted by atomic mass is 16.5. The van der Waals surface area contributed by atoms with Gasteiger partial charge in [-0.15, -0.1) is 0 Å². The molecule has 0 bridgehead atoms. The third-order valence-electron chi connectivity index (χ3n) is 6.04. The largest absolute Gasteiger partial charge is 0.478 e. The summed E-state index contributed by atoms with van der Waals surface area (Å²) in [5, 5.41) is 9.58. The molecule has 0 aliphatic rings. The van der Waals surface area contributed by atoms with Crippen LogP contribution < -0.4 is 0 Å². The maximum absolute atomic E-state index is 12.4. The van der Waals surface area contributed by atoms with E-state index in [9.17, 15) is 14.7 Å². The number of aromatic carboxylic acids is 1. The molecule has 190 valence electrons. The summed E-state index contributed by atoms with van der Waals surface area (Å²) >= 11 is 0. The van der Waals surface area contributed by atoms with Crippen LogP contribution in [-0.2, 0) is 17.6 Å². The zero-order valence-electron chi connectivity index (χ0n) is 21.4. The van der Waals surface area contributed by atoms with Crippen LogP contribution in [0.1, 0.15) is 123 Å². The van der Waals surface area contributed by atoms with E-state index >= 15 is 0 Å². The number of rotatable bonds is 16. The smallest absolute Gasteiger partial charge is 0.339 e. The van der Waals surface area contributed by atoms with Gasteiger partial charge in [0.15, 0.2) is 0 Å². The van der Waals surface area contributed by atoms with Gasteiger partial charge < -0.3 is 14.3 Å². The van der Waals surface area contributed by atoms with Crippen molar-refractivity contribution in [2.45, 2.75) is 104 Å². The van der Waals surface area contributed by atoms with Crippen LogP contribution in [-0.4, -0.2) is 24.2 Å². The second-order valence-corrected chi connectivity index (χ2v) is 8.75. The van der Waals surface area contributed by atoms with E-state index < -0.39 is 11.9 Å². The lowest BCUT2D eigenvalue weighted by atomic mass is 9.89. The molecule has 1 aromatic carbocycles. The zero-order chi connectivity index (χ0) is 25.0. The number of aryl methyl sites for hydroxylation is 1. The highest BCUT2D eigenvalue weighted by Gasteiger charge is 2.23. The molecule has 1 heterocycles. The van der Waals surface area contributed by atoms with Gasteiger partial charge in [0.05, 0.1) is 30.8 Å². The van der Waals surface area contributed by atoms with Crippen molar-refractivity contribution >= 4 is 11.9 Å². The Labute approximate surface area is 205 Å². The van der Waals surface area contributed by atoms with Gasteiger partial charge in [0.25, 0.3) is 0 Å². The summed E-state index contributed by atoms with van der Waals surface area (Å²) in [6.07, 6.45) is 19.1. The van der Waals surface area contributed by atoms with Crippen molar-refractivity contribution in [3.05, 3.63) is 59.0 Å². The van der Waals surface area contributed by atoms with Gasteiger partial charge >= 0.3 is 11.9 Å². The van der Waals surface area contributed by atoms with E-state index in [2.05, 4.69) is 18.3 Å². The average Bonchev–Trinajstić information content (AvgIpc) is 3.43. The monoisotopic (exact) mass is 472 g/mol. The van der Waals surface area contributed by atoms with Crippen LogP contribution in [0.25, 0.3) is 0 Å². The molecular weight excluding hydrogens is 428 g/mol. The molecule has 0 aliphatic carbocycles. The summed E-state index contributed by atoms with van der Waals surface area (Å²) < 4.78 is 9.53. The van der Waals surface area contributed by atoms with E-state index in [1.807, 2.05) is 18.2 Å². The summed E-state index contributed by atoms with van der Waals surface area (Å²) in [4.78, 5) is 24.2. The number of ether oxygens (including phenoxy) is 1. The number of furan rings is 1. The Morgan fingerprint density at radius 2 is 1.32 bits per heavy atom. The number of methoxy groups -OCH3 is 1. The number of carbonyl (C=O) groups excluding carboxylic acids is 1. The quantitative estimate of drug-likeness (QED) is 0.196. The van der Waals surface area contributed by atoms with Crippen LogP contribution in [0.3, 0.4) is 0 Å². The van der Waals surface area contributed by atoms with Crippen LogP contribution in [0.4, 0.5) is 0 Å². The number of carbonyl (C=O) groups is 2. The number of unbranched alkanes of at least 4 members (excludes halogenated alkanes) is 10. The summed E-state index contributed by atoms with van der Waals surface area (Å²) in [6.45, 7) is 4.42. The minimum atomic E-state index is -1.07. The minimum absolute atomic E-state index is 0.0597. The van der Waals surface area contributed by atoms with Gasteiger partial charge in [0.1, 0.15) is 0 Å². The van der Waals surface area contributed by atoms with Crippen molar-refractivity contribution in [3.63, 3.8) is 0 Å². The van der Waals surface area contributed by atoms with Gasteiger partial charge in [-0.3, -0.25) is 0 Å². The van der Waals surface area contributed by atoms with Crippen LogP contribution in [0.15, 0.2) is 41.2 Å². The van der Waals surface area contributed by atoms with Gasteiger partial charge in [-0.25, -0.2) is 9.59 Å². The molecule has 0 atom stereocenters. The molecule has 0 saturated carbocycles.